The number of benzene rings is 3. The Hall–Kier alpha value is -2.82. The zero-order valence-corrected chi connectivity index (χ0v) is 14.8. The molecule has 0 spiro atoms. The summed E-state index contributed by atoms with van der Waals surface area (Å²) in [6.45, 7) is 0. The van der Waals surface area contributed by atoms with Gasteiger partial charge in [0.05, 0.1) is 21.2 Å². The molecule has 0 aliphatic rings. The lowest BCUT2D eigenvalue weighted by atomic mass is 10.2. The zero-order valence-electron chi connectivity index (χ0n) is 13.3. The molecule has 0 atom stereocenters. The number of carbonyl (C=O) groups is 2. The molecular formula is C20H12Cl2O4. The maximum absolute atomic E-state index is 12.2. The van der Waals surface area contributed by atoms with E-state index in [0.717, 1.165) is 0 Å². The Labute approximate surface area is 159 Å². The molecule has 130 valence electrons. The summed E-state index contributed by atoms with van der Waals surface area (Å²) in [4.78, 5) is 24.4. The third-order valence-corrected chi connectivity index (χ3v) is 3.95. The summed E-state index contributed by atoms with van der Waals surface area (Å²) in [7, 11) is 0. The van der Waals surface area contributed by atoms with E-state index in [2.05, 4.69) is 0 Å². The molecule has 0 heterocycles. The number of rotatable bonds is 4. The SMILES string of the molecule is O=C(Oc1ccccc1)c1cc(Cl)c(OC(=O)c2ccccc2)c(Cl)c1. The molecule has 3 aromatic carbocycles. The lowest BCUT2D eigenvalue weighted by Crippen LogP contribution is -2.11. The van der Waals surface area contributed by atoms with Crippen LogP contribution in [0.5, 0.6) is 11.5 Å². The van der Waals surface area contributed by atoms with Crippen molar-refractivity contribution in [2.45, 2.75) is 0 Å². The predicted octanol–water partition coefficient (Wildman–Crippen LogP) is 5.43. The van der Waals surface area contributed by atoms with Crippen molar-refractivity contribution in [2.75, 3.05) is 0 Å². The van der Waals surface area contributed by atoms with Gasteiger partial charge in [-0.05, 0) is 36.4 Å². The summed E-state index contributed by atoms with van der Waals surface area (Å²) in [5.41, 5.74) is 0.496. The van der Waals surface area contributed by atoms with Gasteiger partial charge >= 0.3 is 11.9 Å². The summed E-state index contributed by atoms with van der Waals surface area (Å²) in [6, 6.07) is 19.7. The molecule has 3 rings (SSSR count). The van der Waals surface area contributed by atoms with Crippen molar-refractivity contribution in [3.63, 3.8) is 0 Å². The summed E-state index contributed by atoms with van der Waals surface area (Å²) in [5, 5.41) is 0.0589. The number of hydrogen-bond donors (Lipinski definition) is 0. The second-order valence-corrected chi connectivity index (χ2v) is 6.04. The normalized spacial score (nSPS) is 10.2. The first-order valence-electron chi connectivity index (χ1n) is 7.58. The predicted molar refractivity (Wildman–Crippen MR) is 99.3 cm³/mol. The van der Waals surface area contributed by atoms with E-state index in [1.54, 1.807) is 60.7 Å². The lowest BCUT2D eigenvalue weighted by molar-refractivity contribution is 0.0730. The molecule has 26 heavy (non-hydrogen) atoms. The third-order valence-electron chi connectivity index (χ3n) is 3.39. The summed E-state index contributed by atoms with van der Waals surface area (Å²) < 4.78 is 10.5. The Kier molecular flexibility index (Phi) is 5.56. The van der Waals surface area contributed by atoms with Gasteiger partial charge in [0.1, 0.15) is 5.75 Å². The fraction of sp³-hybridized carbons (Fsp3) is 0. The molecule has 0 unspecified atom stereocenters. The van der Waals surface area contributed by atoms with Crippen LogP contribution < -0.4 is 9.47 Å². The number of ether oxygens (including phenoxy) is 2. The number of halogens is 2. The van der Waals surface area contributed by atoms with Crippen LogP contribution in [0.1, 0.15) is 20.7 Å². The monoisotopic (exact) mass is 386 g/mol. The van der Waals surface area contributed by atoms with Crippen LogP contribution in [0.2, 0.25) is 10.0 Å². The zero-order chi connectivity index (χ0) is 18.5. The van der Waals surface area contributed by atoms with Crippen molar-refractivity contribution in [2.24, 2.45) is 0 Å². The van der Waals surface area contributed by atoms with Gasteiger partial charge in [0.2, 0.25) is 0 Å². The van der Waals surface area contributed by atoms with Crippen LogP contribution in [-0.2, 0) is 0 Å². The molecule has 0 fully saturated rings. The van der Waals surface area contributed by atoms with Crippen molar-refractivity contribution in [3.05, 3.63) is 94.0 Å². The summed E-state index contributed by atoms with van der Waals surface area (Å²) in [5.74, 6) is -0.849. The van der Waals surface area contributed by atoms with Crippen LogP contribution >= 0.6 is 23.2 Å². The van der Waals surface area contributed by atoms with Crippen LogP contribution in [0.3, 0.4) is 0 Å². The molecular weight excluding hydrogens is 375 g/mol. The largest absolute Gasteiger partial charge is 0.423 e. The molecule has 0 radical (unpaired) electrons. The highest BCUT2D eigenvalue weighted by Gasteiger charge is 2.18. The third kappa shape index (κ3) is 4.23. The van der Waals surface area contributed by atoms with E-state index in [4.69, 9.17) is 32.7 Å². The molecule has 0 amide bonds. The van der Waals surface area contributed by atoms with Gasteiger partial charge in [-0.25, -0.2) is 9.59 Å². The van der Waals surface area contributed by atoms with Gasteiger partial charge in [0.25, 0.3) is 0 Å². The van der Waals surface area contributed by atoms with E-state index in [-0.39, 0.29) is 21.4 Å². The van der Waals surface area contributed by atoms with Crippen molar-refractivity contribution >= 4 is 35.1 Å². The number of hydrogen-bond acceptors (Lipinski definition) is 4. The van der Waals surface area contributed by atoms with E-state index >= 15 is 0 Å². The molecule has 0 bridgehead atoms. The molecule has 0 saturated heterocycles. The standard InChI is InChI=1S/C20H12Cl2O4/c21-16-11-14(20(24)25-15-9-5-2-6-10-15)12-17(22)18(16)26-19(23)13-7-3-1-4-8-13/h1-12H. The van der Waals surface area contributed by atoms with Crippen LogP contribution in [0, 0.1) is 0 Å². The number of para-hydroxylation sites is 1. The van der Waals surface area contributed by atoms with Gasteiger partial charge in [0, 0.05) is 0 Å². The first-order valence-corrected chi connectivity index (χ1v) is 8.33. The van der Waals surface area contributed by atoms with Crippen LogP contribution in [0.25, 0.3) is 0 Å². The highest BCUT2D eigenvalue weighted by molar-refractivity contribution is 6.38. The van der Waals surface area contributed by atoms with Gasteiger partial charge in [-0.15, -0.1) is 0 Å². The van der Waals surface area contributed by atoms with Crippen LogP contribution in [-0.4, -0.2) is 11.9 Å². The van der Waals surface area contributed by atoms with E-state index in [1.165, 1.54) is 12.1 Å². The molecule has 0 aliphatic heterocycles. The molecule has 3 aromatic rings. The quantitative estimate of drug-likeness (QED) is 0.442. The van der Waals surface area contributed by atoms with Crippen molar-refractivity contribution < 1.29 is 19.1 Å². The molecule has 6 heteroatoms. The Morgan fingerprint density at radius 3 is 1.73 bits per heavy atom. The van der Waals surface area contributed by atoms with Gasteiger partial charge in [-0.3, -0.25) is 0 Å². The minimum atomic E-state index is -0.624. The molecule has 4 nitrogen and oxygen atoms in total. The molecule has 0 aliphatic carbocycles. The smallest absolute Gasteiger partial charge is 0.343 e. The Morgan fingerprint density at radius 2 is 1.15 bits per heavy atom. The summed E-state index contributed by atoms with van der Waals surface area (Å²) in [6.07, 6.45) is 0. The molecule has 0 aromatic heterocycles. The number of carbonyl (C=O) groups excluding carboxylic acids is 2. The van der Waals surface area contributed by atoms with Gasteiger partial charge in [-0.2, -0.15) is 0 Å². The van der Waals surface area contributed by atoms with Crippen molar-refractivity contribution in [1.29, 1.82) is 0 Å². The van der Waals surface area contributed by atoms with Gasteiger partial charge in [0.15, 0.2) is 5.75 Å². The van der Waals surface area contributed by atoms with Gasteiger partial charge in [-0.1, -0.05) is 59.6 Å². The van der Waals surface area contributed by atoms with E-state index in [9.17, 15) is 9.59 Å². The second-order valence-electron chi connectivity index (χ2n) is 5.23. The average molecular weight is 387 g/mol. The first kappa shape index (κ1) is 18.0. The second kappa shape index (κ2) is 8.04. The fourth-order valence-corrected chi connectivity index (χ4v) is 2.72. The van der Waals surface area contributed by atoms with E-state index in [1.807, 2.05) is 0 Å². The highest BCUT2D eigenvalue weighted by Crippen LogP contribution is 2.35. The lowest BCUT2D eigenvalue weighted by Gasteiger charge is -2.10. The summed E-state index contributed by atoms with van der Waals surface area (Å²) >= 11 is 12.3. The molecule has 0 N–H and O–H groups in total. The minimum absolute atomic E-state index is 0.0153. The Balaban J connectivity index is 1.80. The fourth-order valence-electron chi connectivity index (χ4n) is 2.16. The van der Waals surface area contributed by atoms with E-state index in [0.29, 0.717) is 11.3 Å². The van der Waals surface area contributed by atoms with Crippen molar-refractivity contribution in [1.82, 2.24) is 0 Å². The first-order chi connectivity index (χ1) is 12.5. The number of esters is 2. The van der Waals surface area contributed by atoms with Crippen molar-refractivity contribution in [3.8, 4) is 11.5 Å². The maximum atomic E-state index is 12.2. The topological polar surface area (TPSA) is 52.6 Å². The van der Waals surface area contributed by atoms with Crippen LogP contribution in [0.15, 0.2) is 72.8 Å². The van der Waals surface area contributed by atoms with E-state index < -0.39 is 11.9 Å². The minimum Gasteiger partial charge on any atom is -0.423 e. The van der Waals surface area contributed by atoms with Crippen LogP contribution in [0.4, 0.5) is 0 Å². The van der Waals surface area contributed by atoms with Gasteiger partial charge < -0.3 is 9.47 Å². The Bertz CT molecular complexity index is 918. The average Bonchev–Trinajstić information content (AvgIpc) is 2.66. The highest BCUT2D eigenvalue weighted by atomic mass is 35.5. The Morgan fingerprint density at radius 1 is 0.654 bits per heavy atom. The maximum Gasteiger partial charge on any atom is 0.343 e. The molecule has 0 saturated carbocycles.